The molecule has 2 amide bonds. The first-order valence-corrected chi connectivity index (χ1v) is 9.66. The van der Waals surface area contributed by atoms with Crippen LogP contribution in [0.1, 0.15) is 64.2 Å². The van der Waals surface area contributed by atoms with Crippen LogP contribution in [0.5, 0.6) is 0 Å². The first-order valence-electron chi connectivity index (χ1n) is 9.66. The maximum Gasteiger partial charge on any atom is 0.254 e. The van der Waals surface area contributed by atoms with Crippen molar-refractivity contribution in [2.45, 2.75) is 88.6 Å². The van der Waals surface area contributed by atoms with Gasteiger partial charge in [0.25, 0.3) is 5.91 Å². The van der Waals surface area contributed by atoms with E-state index in [-0.39, 0.29) is 0 Å². The Morgan fingerprint density at radius 1 is 0.654 bits per heavy atom. The number of aliphatic hydroxyl groups is 4. The lowest BCUT2D eigenvalue weighted by atomic mass is 10.0. The predicted octanol–water partition coefficient (Wildman–Crippen LogP) is -0.341. The summed E-state index contributed by atoms with van der Waals surface area (Å²) in [6, 6.07) is 0. The van der Waals surface area contributed by atoms with Gasteiger partial charge in [-0.1, -0.05) is 51.4 Å². The summed E-state index contributed by atoms with van der Waals surface area (Å²) in [5, 5.41) is 39.2. The number of rotatable bonds is 5. The number of amides is 2. The number of primary amides is 1. The number of nitrogens with zero attached hydrogens (tertiary/aromatic N) is 1. The molecule has 8 heteroatoms. The summed E-state index contributed by atoms with van der Waals surface area (Å²) in [6.07, 6.45) is 2.68. The van der Waals surface area contributed by atoms with E-state index in [1.54, 1.807) is 0 Å². The van der Waals surface area contributed by atoms with E-state index in [0.29, 0.717) is 13.1 Å². The molecule has 1 aliphatic heterocycles. The fraction of sp³-hybridized carbons (Fsp3) is 0.889. The summed E-state index contributed by atoms with van der Waals surface area (Å²) in [6.45, 7) is 0.939. The van der Waals surface area contributed by atoms with Gasteiger partial charge in [-0.15, -0.1) is 0 Å². The SMILES string of the molecule is NC(=O)[C@@H](O)[C@@H](O)[C@H](O)[C@@H](O)C(=O)N1CCCCCCCCCCCC1. The second-order valence-electron chi connectivity index (χ2n) is 7.13. The van der Waals surface area contributed by atoms with Gasteiger partial charge >= 0.3 is 0 Å². The summed E-state index contributed by atoms with van der Waals surface area (Å²) >= 11 is 0. The maximum atomic E-state index is 12.5. The first kappa shape index (κ1) is 22.8. The molecule has 0 bridgehead atoms. The minimum Gasteiger partial charge on any atom is -0.387 e. The third kappa shape index (κ3) is 7.57. The fourth-order valence-corrected chi connectivity index (χ4v) is 3.23. The number of carbonyl (C=O) groups is 2. The molecule has 0 aromatic rings. The maximum absolute atomic E-state index is 12.5. The zero-order valence-electron chi connectivity index (χ0n) is 15.4. The van der Waals surface area contributed by atoms with Gasteiger partial charge in [0.2, 0.25) is 5.91 Å². The van der Waals surface area contributed by atoms with E-state index in [4.69, 9.17) is 5.73 Å². The molecule has 4 atom stereocenters. The molecule has 1 saturated heterocycles. The number of aliphatic hydroxyl groups excluding tert-OH is 4. The van der Waals surface area contributed by atoms with Crippen LogP contribution in [-0.2, 0) is 9.59 Å². The van der Waals surface area contributed by atoms with Crippen LogP contribution in [0, 0.1) is 0 Å². The Morgan fingerprint density at radius 3 is 1.38 bits per heavy atom. The lowest BCUT2D eigenvalue weighted by Crippen LogP contribution is -2.54. The van der Waals surface area contributed by atoms with Crippen LogP contribution in [0.25, 0.3) is 0 Å². The van der Waals surface area contributed by atoms with E-state index >= 15 is 0 Å². The lowest BCUT2D eigenvalue weighted by Gasteiger charge is -2.30. The van der Waals surface area contributed by atoms with Gasteiger partial charge < -0.3 is 31.1 Å². The summed E-state index contributed by atoms with van der Waals surface area (Å²) in [5.74, 6) is -1.94. The number of nitrogens with two attached hydrogens (primary N) is 1. The highest BCUT2D eigenvalue weighted by atomic mass is 16.4. The molecule has 1 rings (SSSR count). The third-order valence-corrected chi connectivity index (χ3v) is 4.96. The summed E-state index contributed by atoms with van der Waals surface area (Å²) < 4.78 is 0. The predicted molar refractivity (Wildman–Crippen MR) is 96.0 cm³/mol. The summed E-state index contributed by atoms with van der Waals surface area (Å²) in [5.41, 5.74) is 4.87. The van der Waals surface area contributed by atoms with Gasteiger partial charge in [0, 0.05) is 13.1 Å². The van der Waals surface area contributed by atoms with Crippen LogP contribution in [0.4, 0.5) is 0 Å². The van der Waals surface area contributed by atoms with E-state index in [0.717, 1.165) is 38.5 Å². The van der Waals surface area contributed by atoms with Crippen LogP contribution >= 0.6 is 0 Å². The first-order chi connectivity index (χ1) is 12.4. The van der Waals surface area contributed by atoms with Crippen molar-refractivity contribution in [1.82, 2.24) is 4.90 Å². The van der Waals surface area contributed by atoms with E-state index < -0.39 is 36.2 Å². The van der Waals surface area contributed by atoms with Crippen molar-refractivity contribution >= 4 is 11.8 Å². The quantitative estimate of drug-likeness (QED) is 0.445. The smallest absolute Gasteiger partial charge is 0.254 e. The Bertz CT molecular complexity index is 420. The van der Waals surface area contributed by atoms with Gasteiger partial charge in [0.1, 0.15) is 12.2 Å². The van der Waals surface area contributed by atoms with Gasteiger partial charge in [-0.25, -0.2) is 0 Å². The van der Waals surface area contributed by atoms with Crippen LogP contribution in [-0.4, -0.2) is 74.6 Å². The Balaban J connectivity index is 2.66. The molecule has 1 fully saturated rings. The molecule has 0 aromatic carbocycles. The van der Waals surface area contributed by atoms with Gasteiger partial charge in [0.05, 0.1) is 0 Å². The van der Waals surface area contributed by atoms with Gasteiger partial charge in [-0.05, 0) is 12.8 Å². The second kappa shape index (κ2) is 12.2. The van der Waals surface area contributed by atoms with Crippen molar-refractivity contribution in [3.05, 3.63) is 0 Å². The molecule has 8 nitrogen and oxygen atoms in total. The molecule has 26 heavy (non-hydrogen) atoms. The van der Waals surface area contributed by atoms with Crippen molar-refractivity contribution < 1.29 is 30.0 Å². The molecule has 0 aliphatic carbocycles. The molecule has 1 aliphatic rings. The standard InChI is InChI=1S/C18H34N2O6/c19-17(25)15(23)13(21)14(22)16(24)18(26)20-11-9-7-5-3-1-2-4-6-8-10-12-20/h13-16,21-24H,1-12H2,(H2,19,25)/t13-,14-,15-,16+/m0/s1. The Labute approximate surface area is 155 Å². The topological polar surface area (TPSA) is 144 Å². The average molecular weight is 374 g/mol. The summed E-state index contributed by atoms with van der Waals surface area (Å²) in [4.78, 5) is 24.9. The molecule has 0 spiro atoms. The Morgan fingerprint density at radius 2 is 1.00 bits per heavy atom. The Kier molecular flexibility index (Phi) is 10.7. The van der Waals surface area contributed by atoms with E-state index in [2.05, 4.69) is 0 Å². The highest BCUT2D eigenvalue weighted by Crippen LogP contribution is 2.15. The minimum atomic E-state index is -2.05. The minimum absolute atomic E-state index is 0.469. The largest absolute Gasteiger partial charge is 0.387 e. The normalized spacial score (nSPS) is 22.8. The molecule has 0 unspecified atom stereocenters. The van der Waals surface area contributed by atoms with Crippen molar-refractivity contribution in [3.63, 3.8) is 0 Å². The fourth-order valence-electron chi connectivity index (χ4n) is 3.23. The van der Waals surface area contributed by atoms with Crippen molar-refractivity contribution in [1.29, 1.82) is 0 Å². The molecule has 6 N–H and O–H groups in total. The zero-order valence-corrected chi connectivity index (χ0v) is 15.4. The van der Waals surface area contributed by atoms with Crippen LogP contribution in [0.3, 0.4) is 0 Å². The van der Waals surface area contributed by atoms with Gasteiger partial charge in [-0.2, -0.15) is 0 Å². The van der Waals surface area contributed by atoms with Crippen molar-refractivity contribution in [2.24, 2.45) is 5.73 Å². The molecular formula is C18H34N2O6. The van der Waals surface area contributed by atoms with E-state index in [1.807, 2.05) is 0 Å². The molecule has 152 valence electrons. The molecule has 0 radical (unpaired) electrons. The molecule has 0 saturated carbocycles. The van der Waals surface area contributed by atoms with Crippen LogP contribution < -0.4 is 5.73 Å². The van der Waals surface area contributed by atoms with Gasteiger partial charge in [0.15, 0.2) is 12.2 Å². The Hall–Kier alpha value is -1.22. The number of hydrogen-bond acceptors (Lipinski definition) is 6. The van der Waals surface area contributed by atoms with Crippen LogP contribution in [0.15, 0.2) is 0 Å². The highest BCUT2D eigenvalue weighted by Gasteiger charge is 2.38. The third-order valence-electron chi connectivity index (χ3n) is 4.96. The number of carbonyl (C=O) groups excluding carboxylic acids is 2. The second-order valence-corrected chi connectivity index (χ2v) is 7.13. The number of hydrogen-bond donors (Lipinski definition) is 5. The molecular weight excluding hydrogens is 340 g/mol. The van der Waals surface area contributed by atoms with Gasteiger partial charge in [-0.3, -0.25) is 9.59 Å². The van der Waals surface area contributed by atoms with Crippen molar-refractivity contribution in [3.8, 4) is 0 Å². The van der Waals surface area contributed by atoms with Crippen LogP contribution in [0.2, 0.25) is 0 Å². The monoisotopic (exact) mass is 374 g/mol. The highest BCUT2D eigenvalue weighted by molar-refractivity contribution is 5.82. The van der Waals surface area contributed by atoms with E-state index in [1.165, 1.54) is 30.6 Å². The summed E-state index contributed by atoms with van der Waals surface area (Å²) in [7, 11) is 0. The van der Waals surface area contributed by atoms with Crippen molar-refractivity contribution in [2.75, 3.05) is 13.1 Å². The average Bonchev–Trinajstić information content (AvgIpc) is 2.66. The lowest BCUT2D eigenvalue weighted by molar-refractivity contribution is -0.160. The van der Waals surface area contributed by atoms with E-state index in [9.17, 15) is 30.0 Å². The molecule has 0 aromatic heterocycles. The zero-order chi connectivity index (χ0) is 19.5. The molecule has 1 heterocycles.